The number of anilines is 1. The zero-order valence-corrected chi connectivity index (χ0v) is 15.0. The molecule has 0 spiro atoms. The number of nitrogens with zero attached hydrogens (tertiary/aromatic N) is 1. The van der Waals surface area contributed by atoms with Gasteiger partial charge in [0.05, 0.1) is 6.04 Å². The number of rotatable bonds is 3. The molecule has 1 aromatic rings. The van der Waals surface area contributed by atoms with E-state index in [-0.39, 0.29) is 42.0 Å². The third-order valence-corrected chi connectivity index (χ3v) is 4.90. The molecule has 3 rings (SSSR count). The van der Waals surface area contributed by atoms with Crippen LogP contribution >= 0.6 is 12.4 Å². The molecule has 0 aromatic heterocycles. The normalized spacial score (nSPS) is 21.3. The van der Waals surface area contributed by atoms with Gasteiger partial charge in [0, 0.05) is 24.7 Å². The molecule has 2 saturated heterocycles. The number of benzene rings is 1. The number of hydrogen-bond donors (Lipinski definition) is 2. The number of piperidine rings is 2. The van der Waals surface area contributed by atoms with E-state index in [9.17, 15) is 14.0 Å². The summed E-state index contributed by atoms with van der Waals surface area (Å²) in [5.74, 6) is -0.300. The number of amides is 2. The van der Waals surface area contributed by atoms with Crippen LogP contribution in [0.15, 0.2) is 24.3 Å². The predicted octanol–water partition coefficient (Wildman–Crippen LogP) is 2.57. The van der Waals surface area contributed by atoms with Crippen molar-refractivity contribution in [3.05, 3.63) is 30.1 Å². The van der Waals surface area contributed by atoms with E-state index in [1.54, 1.807) is 12.1 Å². The summed E-state index contributed by atoms with van der Waals surface area (Å²) in [6.45, 7) is 2.16. The molecule has 7 heteroatoms. The van der Waals surface area contributed by atoms with Gasteiger partial charge < -0.3 is 15.5 Å². The molecular weight excluding hydrogens is 345 g/mol. The first-order chi connectivity index (χ1) is 11.6. The maximum atomic E-state index is 12.9. The Morgan fingerprint density at radius 2 is 1.76 bits per heavy atom. The summed E-state index contributed by atoms with van der Waals surface area (Å²) in [7, 11) is 0. The number of hydrogen-bond acceptors (Lipinski definition) is 3. The maximum absolute atomic E-state index is 12.9. The van der Waals surface area contributed by atoms with E-state index < -0.39 is 0 Å². The molecule has 138 valence electrons. The van der Waals surface area contributed by atoms with E-state index in [4.69, 9.17) is 0 Å². The molecule has 5 nitrogen and oxygen atoms in total. The summed E-state index contributed by atoms with van der Waals surface area (Å²) in [5, 5.41) is 6.11. The first-order valence-electron chi connectivity index (χ1n) is 8.72. The summed E-state index contributed by atoms with van der Waals surface area (Å²) in [6.07, 6.45) is 4.48. The molecule has 2 aliphatic rings. The summed E-state index contributed by atoms with van der Waals surface area (Å²) in [5.41, 5.74) is 0.603. The van der Waals surface area contributed by atoms with Crippen molar-refractivity contribution in [3.8, 4) is 0 Å². The van der Waals surface area contributed by atoms with Crippen molar-refractivity contribution in [3.63, 3.8) is 0 Å². The van der Waals surface area contributed by atoms with Crippen LogP contribution in [0.4, 0.5) is 10.1 Å². The minimum atomic E-state index is -0.323. The molecule has 1 unspecified atom stereocenters. The Balaban J connectivity index is 0.00000225. The van der Waals surface area contributed by atoms with Crippen molar-refractivity contribution in [1.29, 1.82) is 0 Å². The third-order valence-electron chi connectivity index (χ3n) is 4.90. The lowest BCUT2D eigenvalue weighted by Crippen LogP contribution is -2.51. The van der Waals surface area contributed by atoms with Gasteiger partial charge in [0.2, 0.25) is 11.8 Å². The van der Waals surface area contributed by atoms with Gasteiger partial charge in [-0.05, 0) is 56.5 Å². The van der Waals surface area contributed by atoms with Gasteiger partial charge in [0.1, 0.15) is 5.82 Å². The van der Waals surface area contributed by atoms with Gasteiger partial charge in [-0.25, -0.2) is 4.39 Å². The lowest BCUT2D eigenvalue weighted by atomic mass is 9.94. The second kappa shape index (κ2) is 9.15. The van der Waals surface area contributed by atoms with Gasteiger partial charge in [0.25, 0.3) is 0 Å². The zero-order valence-electron chi connectivity index (χ0n) is 14.2. The van der Waals surface area contributed by atoms with Gasteiger partial charge in [-0.1, -0.05) is 6.42 Å². The van der Waals surface area contributed by atoms with E-state index in [0.717, 1.165) is 25.8 Å². The summed E-state index contributed by atoms with van der Waals surface area (Å²) in [6, 6.07) is 5.71. The molecule has 1 atom stereocenters. The SMILES string of the molecule is Cl.O=C(Nc1ccc(F)cc1)C1CCN(C(=O)C2CCCCN2)CC1. The van der Waals surface area contributed by atoms with Crippen LogP contribution in [0.5, 0.6) is 0 Å². The van der Waals surface area contributed by atoms with Gasteiger partial charge in [-0.15, -0.1) is 12.4 Å². The van der Waals surface area contributed by atoms with Gasteiger partial charge >= 0.3 is 0 Å². The number of halogens is 2. The molecule has 0 bridgehead atoms. The molecule has 2 fully saturated rings. The second-order valence-corrected chi connectivity index (χ2v) is 6.60. The predicted molar refractivity (Wildman–Crippen MR) is 97.2 cm³/mol. The number of likely N-dealkylation sites (tertiary alicyclic amines) is 1. The first kappa shape index (κ1) is 19.7. The highest BCUT2D eigenvalue weighted by molar-refractivity contribution is 5.92. The standard InChI is InChI=1S/C18H24FN3O2.ClH/c19-14-4-6-15(7-5-14)21-17(23)13-8-11-22(12-9-13)18(24)16-3-1-2-10-20-16;/h4-7,13,16,20H,1-3,8-12H2,(H,21,23);1H. The third kappa shape index (κ3) is 5.16. The fourth-order valence-electron chi connectivity index (χ4n) is 3.42. The quantitative estimate of drug-likeness (QED) is 0.860. The zero-order chi connectivity index (χ0) is 16.9. The monoisotopic (exact) mass is 369 g/mol. The number of carbonyl (C=O) groups is 2. The summed E-state index contributed by atoms with van der Waals surface area (Å²) in [4.78, 5) is 26.7. The Kier molecular flexibility index (Phi) is 7.20. The molecule has 0 radical (unpaired) electrons. The lowest BCUT2D eigenvalue weighted by Gasteiger charge is -2.35. The van der Waals surface area contributed by atoms with Crippen LogP contribution in [0.1, 0.15) is 32.1 Å². The van der Waals surface area contributed by atoms with E-state index in [0.29, 0.717) is 31.6 Å². The van der Waals surface area contributed by atoms with Crippen molar-refractivity contribution >= 4 is 29.9 Å². The van der Waals surface area contributed by atoms with Crippen molar-refractivity contribution in [2.45, 2.75) is 38.1 Å². The average molecular weight is 370 g/mol. The molecule has 2 N–H and O–H groups in total. The molecule has 2 aliphatic heterocycles. The van der Waals surface area contributed by atoms with Crippen molar-refractivity contribution in [2.24, 2.45) is 5.92 Å². The second-order valence-electron chi connectivity index (χ2n) is 6.60. The Hall–Kier alpha value is -1.66. The highest BCUT2D eigenvalue weighted by atomic mass is 35.5. The summed E-state index contributed by atoms with van der Waals surface area (Å²) >= 11 is 0. The van der Waals surface area contributed by atoms with Crippen molar-refractivity contribution in [2.75, 3.05) is 25.0 Å². The van der Waals surface area contributed by atoms with E-state index >= 15 is 0 Å². The number of nitrogens with one attached hydrogen (secondary N) is 2. The molecule has 0 saturated carbocycles. The Morgan fingerprint density at radius 1 is 1.08 bits per heavy atom. The minimum absolute atomic E-state index is 0. The molecule has 1 aromatic carbocycles. The highest BCUT2D eigenvalue weighted by Crippen LogP contribution is 2.21. The molecule has 0 aliphatic carbocycles. The van der Waals surface area contributed by atoms with Crippen LogP contribution in [0.25, 0.3) is 0 Å². The van der Waals surface area contributed by atoms with Crippen LogP contribution < -0.4 is 10.6 Å². The van der Waals surface area contributed by atoms with Gasteiger partial charge in [-0.2, -0.15) is 0 Å². The van der Waals surface area contributed by atoms with Gasteiger partial charge in [-0.3, -0.25) is 9.59 Å². The van der Waals surface area contributed by atoms with E-state index in [1.807, 2.05) is 4.90 Å². The Morgan fingerprint density at radius 3 is 2.36 bits per heavy atom. The fourth-order valence-corrected chi connectivity index (χ4v) is 3.42. The molecule has 2 amide bonds. The lowest BCUT2D eigenvalue weighted by molar-refractivity contribution is -0.137. The van der Waals surface area contributed by atoms with Gasteiger partial charge in [0.15, 0.2) is 0 Å². The average Bonchev–Trinajstić information content (AvgIpc) is 2.64. The van der Waals surface area contributed by atoms with Crippen molar-refractivity contribution in [1.82, 2.24) is 10.2 Å². The number of carbonyl (C=O) groups excluding carboxylic acids is 2. The van der Waals surface area contributed by atoms with Crippen LogP contribution in [0.3, 0.4) is 0 Å². The van der Waals surface area contributed by atoms with Crippen LogP contribution in [-0.2, 0) is 9.59 Å². The maximum Gasteiger partial charge on any atom is 0.239 e. The van der Waals surface area contributed by atoms with E-state index in [2.05, 4.69) is 10.6 Å². The largest absolute Gasteiger partial charge is 0.341 e. The Labute approximate surface area is 153 Å². The summed E-state index contributed by atoms with van der Waals surface area (Å²) < 4.78 is 12.9. The van der Waals surface area contributed by atoms with Crippen molar-refractivity contribution < 1.29 is 14.0 Å². The van der Waals surface area contributed by atoms with Crippen LogP contribution in [0.2, 0.25) is 0 Å². The first-order valence-corrected chi connectivity index (χ1v) is 8.72. The fraction of sp³-hybridized carbons (Fsp3) is 0.556. The molecule has 25 heavy (non-hydrogen) atoms. The minimum Gasteiger partial charge on any atom is -0.341 e. The Bertz CT molecular complexity index is 582. The highest BCUT2D eigenvalue weighted by Gasteiger charge is 2.31. The molecule has 2 heterocycles. The van der Waals surface area contributed by atoms with E-state index in [1.165, 1.54) is 12.1 Å². The smallest absolute Gasteiger partial charge is 0.239 e. The molecular formula is C18H25ClFN3O2. The van der Waals surface area contributed by atoms with Crippen LogP contribution in [0, 0.1) is 11.7 Å². The topological polar surface area (TPSA) is 61.4 Å². The van der Waals surface area contributed by atoms with Crippen LogP contribution in [-0.4, -0.2) is 42.4 Å².